The summed E-state index contributed by atoms with van der Waals surface area (Å²) in [7, 11) is 1.63. The van der Waals surface area contributed by atoms with Crippen LogP contribution in [0.25, 0.3) is 0 Å². The van der Waals surface area contributed by atoms with Crippen molar-refractivity contribution in [1.82, 2.24) is 0 Å². The van der Waals surface area contributed by atoms with E-state index in [2.05, 4.69) is 4.99 Å². The number of ether oxygens (including phenoxy) is 2. The smallest absolute Gasteiger partial charge is 0.154 e. The minimum absolute atomic E-state index is 0.0514. The van der Waals surface area contributed by atoms with Crippen molar-refractivity contribution in [2.45, 2.75) is 13.0 Å². The highest BCUT2D eigenvalue weighted by atomic mass is 32.2. The number of hydrogen-bond acceptors (Lipinski definition) is 4. The minimum Gasteiger partial charge on any atom is -0.493 e. The Morgan fingerprint density at radius 1 is 1.42 bits per heavy atom. The van der Waals surface area contributed by atoms with Crippen LogP contribution in [0.3, 0.4) is 0 Å². The van der Waals surface area contributed by atoms with Gasteiger partial charge in [0.05, 0.1) is 19.3 Å². The molecule has 106 valence electrons. The maximum atomic E-state index is 12.7. The van der Waals surface area contributed by atoms with Gasteiger partial charge in [-0.15, -0.1) is 0 Å². The summed E-state index contributed by atoms with van der Waals surface area (Å²) in [5, 5.41) is 0.521. The predicted molar refractivity (Wildman–Crippen MR) is 77.3 cm³/mol. The molecular weight excluding hydrogens is 267 g/mol. The second kappa shape index (κ2) is 8.77. The number of hydrogen-bond donors (Lipinski definition) is 1. The van der Waals surface area contributed by atoms with E-state index in [0.29, 0.717) is 29.9 Å². The lowest BCUT2D eigenvalue weighted by Gasteiger charge is -2.08. The van der Waals surface area contributed by atoms with Crippen LogP contribution in [0.4, 0.5) is 4.39 Å². The van der Waals surface area contributed by atoms with E-state index in [9.17, 15) is 4.39 Å². The number of nitrogens with zero attached hydrogens (tertiary/aromatic N) is 1. The standard InChI is InChI=1S/C13H19FN2O2S/c1-10(9-17-2)16-13(15)19-8-7-18-12-5-3-11(14)4-6-12/h3-6,10H,7-9H2,1-2H3,(H2,15,16)/t10-/m0/s1. The highest BCUT2D eigenvalue weighted by Gasteiger charge is 2.01. The molecule has 0 amide bonds. The van der Waals surface area contributed by atoms with Gasteiger partial charge in [-0.3, -0.25) is 4.99 Å². The van der Waals surface area contributed by atoms with Gasteiger partial charge >= 0.3 is 0 Å². The number of thioether (sulfide) groups is 1. The quantitative estimate of drug-likeness (QED) is 0.475. The molecule has 0 aliphatic rings. The number of methoxy groups -OCH3 is 1. The molecule has 4 nitrogen and oxygen atoms in total. The number of rotatable bonds is 7. The first kappa shape index (κ1) is 15.8. The van der Waals surface area contributed by atoms with Gasteiger partial charge in [0.1, 0.15) is 11.6 Å². The Hall–Kier alpha value is -1.27. The third kappa shape index (κ3) is 7.03. The van der Waals surface area contributed by atoms with Gasteiger partial charge in [0.25, 0.3) is 0 Å². The van der Waals surface area contributed by atoms with Crippen LogP contribution in [0.15, 0.2) is 29.3 Å². The number of halogens is 1. The fourth-order valence-corrected chi connectivity index (χ4v) is 2.00. The van der Waals surface area contributed by atoms with Gasteiger partial charge in [-0.1, -0.05) is 11.8 Å². The molecule has 19 heavy (non-hydrogen) atoms. The van der Waals surface area contributed by atoms with Crippen LogP contribution < -0.4 is 10.5 Å². The lowest BCUT2D eigenvalue weighted by atomic mass is 10.3. The number of aliphatic imine (C=N–C) groups is 1. The molecule has 1 aromatic rings. The molecule has 0 unspecified atom stereocenters. The molecule has 0 spiro atoms. The van der Waals surface area contributed by atoms with E-state index in [0.717, 1.165) is 0 Å². The van der Waals surface area contributed by atoms with Crippen molar-refractivity contribution in [3.63, 3.8) is 0 Å². The van der Waals surface area contributed by atoms with Crippen LogP contribution in [0, 0.1) is 5.82 Å². The van der Waals surface area contributed by atoms with Gasteiger partial charge in [-0.05, 0) is 31.2 Å². The molecule has 0 fully saturated rings. The molecule has 0 bridgehead atoms. The molecule has 0 saturated heterocycles. The van der Waals surface area contributed by atoms with E-state index in [1.54, 1.807) is 19.2 Å². The first-order valence-electron chi connectivity index (χ1n) is 5.95. The van der Waals surface area contributed by atoms with Crippen molar-refractivity contribution in [2.24, 2.45) is 10.7 Å². The van der Waals surface area contributed by atoms with E-state index in [1.807, 2.05) is 6.92 Å². The zero-order valence-corrected chi connectivity index (χ0v) is 12.0. The number of benzene rings is 1. The summed E-state index contributed by atoms with van der Waals surface area (Å²) >= 11 is 1.43. The maximum Gasteiger partial charge on any atom is 0.154 e. The third-order valence-electron chi connectivity index (χ3n) is 2.17. The Bertz CT molecular complexity index is 398. The van der Waals surface area contributed by atoms with Crippen molar-refractivity contribution >= 4 is 16.9 Å². The van der Waals surface area contributed by atoms with Crippen molar-refractivity contribution < 1.29 is 13.9 Å². The highest BCUT2D eigenvalue weighted by Crippen LogP contribution is 2.11. The lowest BCUT2D eigenvalue weighted by Crippen LogP contribution is -2.16. The number of nitrogens with two attached hydrogens (primary N) is 1. The molecule has 0 radical (unpaired) electrons. The Morgan fingerprint density at radius 3 is 2.74 bits per heavy atom. The van der Waals surface area contributed by atoms with E-state index in [4.69, 9.17) is 15.2 Å². The van der Waals surface area contributed by atoms with Crippen LogP contribution >= 0.6 is 11.8 Å². The fraction of sp³-hybridized carbons (Fsp3) is 0.462. The van der Waals surface area contributed by atoms with Crippen LogP contribution in [0.1, 0.15) is 6.92 Å². The van der Waals surface area contributed by atoms with Gasteiger partial charge < -0.3 is 15.2 Å². The van der Waals surface area contributed by atoms with E-state index >= 15 is 0 Å². The van der Waals surface area contributed by atoms with Crippen LogP contribution in [0.2, 0.25) is 0 Å². The summed E-state index contributed by atoms with van der Waals surface area (Å²) in [5.41, 5.74) is 5.76. The average molecular weight is 286 g/mol. The van der Waals surface area contributed by atoms with E-state index in [1.165, 1.54) is 23.9 Å². The fourth-order valence-electron chi connectivity index (χ4n) is 1.37. The molecule has 1 rings (SSSR count). The first-order valence-corrected chi connectivity index (χ1v) is 6.93. The van der Waals surface area contributed by atoms with Crippen molar-refractivity contribution in [1.29, 1.82) is 0 Å². The summed E-state index contributed by atoms with van der Waals surface area (Å²) in [4.78, 5) is 4.25. The van der Waals surface area contributed by atoms with Gasteiger partial charge in [0.15, 0.2) is 5.17 Å². The van der Waals surface area contributed by atoms with Gasteiger partial charge in [0, 0.05) is 12.9 Å². The minimum atomic E-state index is -0.273. The third-order valence-corrected chi connectivity index (χ3v) is 2.94. The Kier molecular flexibility index (Phi) is 7.28. The zero-order chi connectivity index (χ0) is 14.1. The molecule has 6 heteroatoms. The van der Waals surface area contributed by atoms with Gasteiger partial charge in [0.2, 0.25) is 0 Å². The topological polar surface area (TPSA) is 56.8 Å². The summed E-state index contributed by atoms with van der Waals surface area (Å²) in [6.45, 7) is 2.98. The van der Waals surface area contributed by atoms with Gasteiger partial charge in [-0.25, -0.2) is 4.39 Å². The molecule has 2 N–H and O–H groups in total. The molecule has 0 aromatic heterocycles. The monoisotopic (exact) mass is 286 g/mol. The Labute approximate surface area is 117 Å². The first-order chi connectivity index (χ1) is 9.11. The average Bonchev–Trinajstić information content (AvgIpc) is 2.37. The normalized spacial score (nSPS) is 13.3. The largest absolute Gasteiger partial charge is 0.493 e. The number of amidine groups is 1. The lowest BCUT2D eigenvalue weighted by molar-refractivity contribution is 0.186. The molecule has 0 aliphatic heterocycles. The molecule has 0 aliphatic carbocycles. The van der Waals surface area contributed by atoms with Crippen molar-refractivity contribution in [3.05, 3.63) is 30.1 Å². The van der Waals surface area contributed by atoms with Crippen LogP contribution in [-0.4, -0.2) is 37.3 Å². The zero-order valence-electron chi connectivity index (χ0n) is 11.1. The highest BCUT2D eigenvalue weighted by molar-refractivity contribution is 8.13. The SMILES string of the molecule is COC[C@H](C)N=C(N)SCCOc1ccc(F)cc1. The molecule has 0 saturated carbocycles. The molecule has 0 heterocycles. The maximum absolute atomic E-state index is 12.7. The second-order valence-electron chi connectivity index (χ2n) is 3.92. The van der Waals surface area contributed by atoms with E-state index < -0.39 is 0 Å². The summed E-state index contributed by atoms with van der Waals surface area (Å²) in [5.74, 6) is 1.06. The predicted octanol–water partition coefficient (Wildman–Crippen LogP) is 2.29. The Morgan fingerprint density at radius 2 is 2.11 bits per heavy atom. The summed E-state index contributed by atoms with van der Waals surface area (Å²) < 4.78 is 23.1. The van der Waals surface area contributed by atoms with Gasteiger partial charge in [-0.2, -0.15) is 0 Å². The van der Waals surface area contributed by atoms with Crippen LogP contribution in [-0.2, 0) is 4.74 Å². The summed E-state index contributed by atoms with van der Waals surface area (Å²) in [6.07, 6.45) is 0. The summed E-state index contributed by atoms with van der Waals surface area (Å²) in [6, 6.07) is 5.97. The van der Waals surface area contributed by atoms with Crippen molar-refractivity contribution in [3.8, 4) is 5.75 Å². The molecular formula is C13H19FN2O2S. The molecule has 1 atom stereocenters. The molecule has 1 aromatic carbocycles. The van der Waals surface area contributed by atoms with Crippen LogP contribution in [0.5, 0.6) is 5.75 Å². The second-order valence-corrected chi connectivity index (χ2v) is 5.04. The Balaban J connectivity index is 2.21. The van der Waals surface area contributed by atoms with E-state index in [-0.39, 0.29) is 11.9 Å². The van der Waals surface area contributed by atoms with Crippen molar-refractivity contribution in [2.75, 3.05) is 26.1 Å².